The van der Waals surface area contributed by atoms with Crippen molar-refractivity contribution in [3.63, 3.8) is 0 Å². The van der Waals surface area contributed by atoms with E-state index in [9.17, 15) is 22.8 Å². The summed E-state index contributed by atoms with van der Waals surface area (Å²) in [5, 5.41) is 5.25. The largest absolute Gasteiger partial charge is 0.352 e. The van der Waals surface area contributed by atoms with Crippen LogP contribution in [-0.2, 0) is 11.3 Å². The van der Waals surface area contributed by atoms with Crippen LogP contribution in [0, 0.1) is 23.4 Å². The van der Waals surface area contributed by atoms with Crippen LogP contribution in [0.3, 0.4) is 0 Å². The van der Waals surface area contributed by atoms with E-state index >= 15 is 0 Å². The fraction of sp³-hybridized carbons (Fsp3) is 0.231. The zero-order valence-corrected chi connectivity index (χ0v) is 18.3. The predicted molar refractivity (Wildman–Crippen MR) is 122 cm³/mol. The number of likely N-dealkylation sites (tertiary alicyclic amines) is 1. The number of nitrogens with one attached hydrogen (secondary N) is 2. The van der Waals surface area contributed by atoms with E-state index in [2.05, 4.69) is 10.6 Å². The molecule has 0 aromatic heterocycles. The molecular weight excluding hydrogens is 443 g/mol. The first kappa shape index (κ1) is 23.4. The number of hydrogen-bond donors (Lipinski definition) is 2. The number of hydrogen-bond acceptors (Lipinski definition) is 2. The third-order valence-electron chi connectivity index (χ3n) is 5.98. The molecule has 2 atom stereocenters. The molecule has 3 amide bonds. The predicted octanol–water partition coefficient (Wildman–Crippen LogP) is 5.41. The van der Waals surface area contributed by atoms with Gasteiger partial charge in [-0.1, -0.05) is 48.5 Å². The summed E-state index contributed by atoms with van der Waals surface area (Å²) in [7, 11) is 0. The van der Waals surface area contributed by atoms with Crippen molar-refractivity contribution < 1.29 is 22.8 Å². The summed E-state index contributed by atoms with van der Waals surface area (Å²) in [5.74, 6) is -2.85. The zero-order valence-electron chi connectivity index (χ0n) is 18.3. The van der Waals surface area contributed by atoms with E-state index in [1.807, 2.05) is 30.3 Å². The standard InChI is InChI=1S/C26H24F3N3O2/c27-20-11-12-23(22(29)14-20)31-26(34)32-16-19(10-13-24(32)17-6-2-1-3-7-17)25(33)30-15-18-8-4-5-9-21(18)28/h1-9,11-12,14,19,24H,10,13,15-16H2,(H,30,33)(H,31,34)/t19-,24+/m1/s1. The second-order valence-corrected chi connectivity index (χ2v) is 8.22. The van der Waals surface area contributed by atoms with Crippen LogP contribution < -0.4 is 10.6 Å². The molecule has 5 nitrogen and oxygen atoms in total. The van der Waals surface area contributed by atoms with Gasteiger partial charge in [0.15, 0.2) is 0 Å². The SMILES string of the molecule is O=C(NCc1ccccc1F)[C@@H]1CC[C@@H](c2ccccc2)N(C(=O)Nc2ccc(F)cc2F)C1. The smallest absolute Gasteiger partial charge is 0.322 e. The van der Waals surface area contributed by atoms with Crippen LogP contribution in [0.25, 0.3) is 0 Å². The molecule has 0 unspecified atom stereocenters. The third-order valence-corrected chi connectivity index (χ3v) is 5.98. The first-order chi connectivity index (χ1) is 16.4. The maximum absolute atomic E-state index is 14.1. The summed E-state index contributed by atoms with van der Waals surface area (Å²) in [6, 6.07) is 17.6. The van der Waals surface area contributed by atoms with Crippen LogP contribution in [0.2, 0.25) is 0 Å². The number of anilines is 1. The molecule has 1 aliphatic rings. The van der Waals surface area contributed by atoms with E-state index in [4.69, 9.17) is 0 Å². The first-order valence-electron chi connectivity index (χ1n) is 11.0. The molecule has 176 valence electrons. The van der Waals surface area contributed by atoms with Gasteiger partial charge in [0, 0.05) is 24.7 Å². The van der Waals surface area contributed by atoms with Gasteiger partial charge in [-0.05, 0) is 36.6 Å². The van der Waals surface area contributed by atoms with Crippen LogP contribution in [0.15, 0.2) is 72.8 Å². The average molecular weight is 467 g/mol. The van der Waals surface area contributed by atoms with Crippen LogP contribution in [-0.4, -0.2) is 23.4 Å². The second kappa shape index (κ2) is 10.4. The number of amides is 3. The Balaban J connectivity index is 1.50. The van der Waals surface area contributed by atoms with Gasteiger partial charge >= 0.3 is 6.03 Å². The summed E-state index contributed by atoms with van der Waals surface area (Å²) in [6.45, 7) is 0.133. The van der Waals surface area contributed by atoms with Gasteiger partial charge in [-0.3, -0.25) is 4.79 Å². The second-order valence-electron chi connectivity index (χ2n) is 8.22. The molecule has 3 aromatic carbocycles. The van der Waals surface area contributed by atoms with E-state index in [1.165, 1.54) is 11.0 Å². The Morgan fingerprint density at radius 1 is 0.882 bits per heavy atom. The molecular formula is C26H24F3N3O2. The number of rotatable bonds is 5. The van der Waals surface area contributed by atoms with Crippen molar-refractivity contribution in [2.24, 2.45) is 5.92 Å². The van der Waals surface area contributed by atoms with Crippen LogP contribution in [0.4, 0.5) is 23.7 Å². The normalized spacial score (nSPS) is 17.8. The van der Waals surface area contributed by atoms with Crippen molar-refractivity contribution in [1.82, 2.24) is 10.2 Å². The lowest BCUT2D eigenvalue weighted by atomic mass is 9.88. The van der Waals surface area contributed by atoms with Crippen LogP contribution in [0.1, 0.15) is 30.0 Å². The fourth-order valence-corrected chi connectivity index (χ4v) is 4.18. The minimum absolute atomic E-state index is 0.0388. The van der Waals surface area contributed by atoms with Crippen LogP contribution >= 0.6 is 0 Å². The first-order valence-corrected chi connectivity index (χ1v) is 11.0. The molecule has 8 heteroatoms. The Morgan fingerprint density at radius 3 is 2.35 bits per heavy atom. The molecule has 0 aliphatic carbocycles. The van der Waals surface area contributed by atoms with Crippen molar-refractivity contribution in [3.8, 4) is 0 Å². The molecule has 4 rings (SSSR count). The Hall–Kier alpha value is -3.81. The minimum Gasteiger partial charge on any atom is -0.352 e. The number of piperidine rings is 1. The maximum Gasteiger partial charge on any atom is 0.322 e. The molecule has 0 saturated carbocycles. The number of halogens is 3. The Kier molecular flexibility index (Phi) is 7.15. The van der Waals surface area contributed by atoms with E-state index in [0.29, 0.717) is 24.5 Å². The van der Waals surface area contributed by atoms with Gasteiger partial charge < -0.3 is 15.5 Å². The highest BCUT2D eigenvalue weighted by atomic mass is 19.1. The zero-order chi connectivity index (χ0) is 24.1. The molecule has 1 saturated heterocycles. The van der Waals surface area contributed by atoms with Gasteiger partial charge in [0.1, 0.15) is 17.5 Å². The molecule has 1 fully saturated rings. The lowest BCUT2D eigenvalue weighted by molar-refractivity contribution is -0.126. The number of urea groups is 1. The van der Waals surface area contributed by atoms with Gasteiger partial charge in [-0.15, -0.1) is 0 Å². The van der Waals surface area contributed by atoms with Crippen molar-refractivity contribution in [3.05, 3.63) is 101 Å². The average Bonchev–Trinajstić information content (AvgIpc) is 2.85. The lowest BCUT2D eigenvalue weighted by Gasteiger charge is -2.39. The fourth-order valence-electron chi connectivity index (χ4n) is 4.18. The molecule has 0 radical (unpaired) electrons. The van der Waals surface area contributed by atoms with Crippen molar-refractivity contribution in [2.45, 2.75) is 25.4 Å². The molecule has 1 heterocycles. The molecule has 34 heavy (non-hydrogen) atoms. The van der Waals surface area contributed by atoms with Gasteiger partial charge in [0.2, 0.25) is 5.91 Å². The highest BCUT2D eigenvalue weighted by molar-refractivity contribution is 5.90. The Bertz CT molecular complexity index is 1170. The number of carbonyl (C=O) groups excluding carboxylic acids is 2. The van der Waals surface area contributed by atoms with E-state index < -0.39 is 29.4 Å². The summed E-state index contributed by atoms with van der Waals surface area (Å²) in [6.07, 6.45) is 1.04. The van der Waals surface area contributed by atoms with Gasteiger partial charge in [0.25, 0.3) is 0 Å². The topological polar surface area (TPSA) is 61.4 Å². The van der Waals surface area contributed by atoms with Crippen molar-refractivity contribution >= 4 is 17.6 Å². The lowest BCUT2D eigenvalue weighted by Crippen LogP contribution is -2.48. The number of benzene rings is 3. The summed E-state index contributed by atoms with van der Waals surface area (Å²) in [4.78, 5) is 27.5. The monoisotopic (exact) mass is 467 g/mol. The minimum atomic E-state index is -0.888. The van der Waals surface area contributed by atoms with E-state index in [0.717, 1.165) is 17.7 Å². The molecule has 2 N–H and O–H groups in total. The van der Waals surface area contributed by atoms with E-state index in [1.54, 1.807) is 18.2 Å². The Labute approximate surface area is 195 Å². The van der Waals surface area contributed by atoms with Crippen molar-refractivity contribution in [2.75, 3.05) is 11.9 Å². The van der Waals surface area contributed by atoms with Gasteiger partial charge in [-0.25, -0.2) is 18.0 Å². The molecule has 0 bridgehead atoms. The van der Waals surface area contributed by atoms with Crippen LogP contribution in [0.5, 0.6) is 0 Å². The summed E-state index contributed by atoms with van der Waals surface area (Å²) >= 11 is 0. The quantitative estimate of drug-likeness (QED) is 0.528. The number of nitrogens with zero attached hydrogens (tertiary/aromatic N) is 1. The van der Waals surface area contributed by atoms with Gasteiger partial charge in [0.05, 0.1) is 17.6 Å². The number of carbonyl (C=O) groups is 2. The highest BCUT2D eigenvalue weighted by Gasteiger charge is 2.35. The van der Waals surface area contributed by atoms with Crippen molar-refractivity contribution in [1.29, 1.82) is 0 Å². The molecule has 3 aromatic rings. The highest BCUT2D eigenvalue weighted by Crippen LogP contribution is 2.34. The molecule has 1 aliphatic heterocycles. The summed E-state index contributed by atoms with van der Waals surface area (Å²) < 4.78 is 41.3. The third kappa shape index (κ3) is 5.39. The van der Waals surface area contributed by atoms with E-state index in [-0.39, 0.29) is 30.7 Å². The van der Waals surface area contributed by atoms with Gasteiger partial charge in [-0.2, -0.15) is 0 Å². The summed E-state index contributed by atoms with van der Waals surface area (Å²) in [5.41, 5.74) is 1.11. The Morgan fingerprint density at radius 2 is 1.62 bits per heavy atom. The maximum atomic E-state index is 14.1. The molecule has 0 spiro atoms.